The first kappa shape index (κ1) is 24.6. The van der Waals surface area contributed by atoms with Crippen LogP contribution in [0.3, 0.4) is 0 Å². The summed E-state index contributed by atoms with van der Waals surface area (Å²) in [5, 5.41) is 6.03. The van der Waals surface area contributed by atoms with Crippen molar-refractivity contribution in [3.05, 3.63) is 71.8 Å². The first-order chi connectivity index (χ1) is 16.9. The summed E-state index contributed by atoms with van der Waals surface area (Å²) in [4.78, 5) is 30.9. The van der Waals surface area contributed by atoms with Gasteiger partial charge in [0, 0.05) is 16.1 Å². The van der Waals surface area contributed by atoms with Crippen molar-refractivity contribution in [3.63, 3.8) is 0 Å². The highest BCUT2D eigenvalue weighted by atomic mass is 32.2. The number of amides is 2. The number of thiazole rings is 1. The lowest BCUT2D eigenvalue weighted by Crippen LogP contribution is -2.22. The SMILES string of the molecule is COc1ccc(C(=O)Nc2cccc(SC(C)C(=O)Nc3nc4ccc(C)cc4s3)c2)cc1OC. The summed E-state index contributed by atoms with van der Waals surface area (Å²) < 4.78 is 11.5. The molecule has 1 aromatic heterocycles. The van der Waals surface area contributed by atoms with Crippen molar-refractivity contribution < 1.29 is 19.1 Å². The Kier molecular flexibility index (Phi) is 7.57. The minimum absolute atomic E-state index is 0.134. The van der Waals surface area contributed by atoms with Crippen LogP contribution in [0.15, 0.2) is 65.6 Å². The number of carbonyl (C=O) groups is 2. The first-order valence-corrected chi connectivity index (χ1v) is 12.5. The van der Waals surface area contributed by atoms with Crippen LogP contribution in [0.1, 0.15) is 22.8 Å². The maximum atomic E-state index is 12.8. The van der Waals surface area contributed by atoms with Gasteiger partial charge in [-0.2, -0.15) is 0 Å². The zero-order chi connectivity index (χ0) is 24.9. The monoisotopic (exact) mass is 507 g/mol. The van der Waals surface area contributed by atoms with Gasteiger partial charge in [-0.15, -0.1) is 11.8 Å². The third kappa shape index (κ3) is 5.93. The molecule has 1 unspecified atom stereocenters. The summed E-state index contributed by atoms with van der Waals surface area (Å²) in [6.45, 7) is 3.87. The molecule has 0 saturated carbocycles. The fraction of sp³-hybridized carbons (Fsp3) is 0.192. The Bertz CT molecular complexity index is 1390. The molecule has 4 rings (SSSR count). The van der Waals surface area contributed by atoms with E-state index in [2.05, 4.69) is 21.7 Å². The Hall–Kier alpha value is -3.56. The molecule has 180 valence electrons. The van der Waals surface area contributed by atoms with Gasteiger partial charge in [0.05, 0.1) is 29.7 Å². The molecule has 0 fully saturated rings. The lowest BCUT2D eigenvalue weighted by molar-refractivity contribution is -0.115. The third-order valence-corrected chi connectivity index (χ3v) is 7.22. The highest BCUT2D eigenvalue weighted by Gasteiger charge is 2.17. The van der Waals surface area contributed by atoms with Gasteiger partial charge in [-0.25, -0.2) is 4.98 Å². The van der Waals surface area contributed by atoms with Crippen LogP contribution >= 0.6 is 23.1 Å². The van der Waals surface area contributed by atoms with E-state index in [-0.39, 0.29) is 17.1 Å². The van der Waals surface area contributed by atoms with E-state index in [1.807, 2.05) is 44.2 Å². The predicted molar refractivity (Wildman–Crippen MR) is 142 cm³/mol. The van der Waals surface area contributed by atoms with Gasteiger partial charge in [-0.1, -0.05) is 23.5 Å². The van der Waals surface area contributed by atoms with Crippen LogP contribution in [0.5, 0.6) is 11.5 Å². The molecule has 2 amide bonds. The average Bonchev–Trinajstić information content (AvgIpc) is 3.24. The molecule has 35 heavy (non-hydrogen) atoms. The number of aromatic nitrogens is 1. The summed E-state index contributed by atoms with van der Waals surface area (Å²) >= 11 is 2.86. The molecule has 2 N–H and O–H groups in total. The Labute approximate surface area is 211 Å². The molecule has 9 heteroatoms. The number of hydrogen-bond acceptors (Lipinski definition) is 7. The smallest absolute Gasteiger partial charge is 0.255 e. The van der Waals surface area contributed by atoms with Crippen molar-refractivity contribution in [1.82, 2.24) is 4.98 Å². The molecule has 0 radical (unpaired) electrons. The second kappa shape index (κ2) is 10.8. The number of fused-ring (bicyclic) bond motifs is 1. The fourth-order valence-corrected chi connectivity index (χ4v) is 5.27. The molecule has 0 bridgehead atoms. The number of benzene rings is 3. The zero-order valence-electron chi connectivity index (χ0n) is 19.7. The van der Waals surface area contributed by atoms with Crippen molar-refractivity contribution in [2.24, 2.45) is 0 Å². The van der Waals surface area contributed by atoms with Crippen molar-refractivity contribution in [2.75, 3.05) is 24.9 Å². The molecule has 0 aliphatic carbocycles. The Morgan fingerprint density at radius 3 is 2.54 bits per heavy atom. The van der Waals surface area contributed by atoms with Crippen molar-refractivity contribution in [2.45, 2.75) is 24.0 Å². The van der Waals surface area contributed by atoms with E-state index in [0.717, 1.165) is 20.7 Å². The van der Waals surface area contributed by atoms with Crippen LogP contribution in [0.25, 0.3) is 10.2 Å². The summed E-state index contributed by atoms with van der Waals surface area (Å²) in [5.74, 6) is 0.624. The molecule has 0 saturated heterocycles. The number of hydrogen-bond donors (Lipinski definition) is 2. The van der Waals surface area contributed by atoms with Gasteiger partial charge in [0.15, 0.2) is 16.6 Å². The highest BCUT2D eigenvalue weighted by molar-refractivity contribution is 8.00. The number of methoxy groups -OCH3 is 2. The maximum absolute atomic E-state index is 12.8. The van der Waals surface area contributed by atoms with E-state index in [4.69, 9.17) is 9.47 Å². The van der Waals surface area contributed by atoms with Crippen LogP contribution in [0.4, 0.5) is 10.8 Å². The number of aryl methyl sites for hydroxylation is 1. The normalized spacial score (nSPS) is 11.7. The number of nitrogens with one attached hydrogen (secondary N) is 2. The molecule has 3 aromatic carbocycles. The van der Waals surface area contributed by atoms with Gasteiger partial charge in [0.2, 0.25) is 5.91 Å². The van der Waals surface area contributed by atoms with Crippen molar-refractivity contribution in [1.29, 1.82) is 0 Å². The molecule has 1 atom stereocenters. The Morgan fingerprint density at radius 2 is 1.77 bits per heavy atom. The van der Waals surface area contributed by atoms with Gasteiger partial charge in [-0.3, -0.25) is 9.59 Å². The molecule has 0 aliphatic rings. The van der Waals surface area contributed by atoms with E-state index < -0.39 is 0 Å². The van der Waals surface area contributed by atoms with E-state index >= 15 is 0 Å². The number of ether oxygens (including phenoxy) is 2. The topological polar surface area (TPSA) is 89.5 Å². The Balaban J connectivity index is 1.39. The minimum Gasteiger partial charge on any atom is -0.493 e. The van der Waals surface area contributed by atoms with E-state index in [1.54, 1.807) is 31.4 Å². The highest BCUT2D eigenvalue weighted by Crippen LogP contribution is 2.31. The van der Waals surface area contributed by atoms with E-state index in [0.29, 0.717) is 27.9 Å². The maximum Gasteiger partial charge on any atom is 0.255 e. The summed E-state index contributed by atoms with van der Waals surface area (Å²) in [6.07, 6.45) is 0. The lowest BCUT2D eigenvalue weighted by atomic mass is 10.2. The largest absolute Gasteiger partial charge is 0.493 e. The van der Waals surface area contributed by atoms with Crippen LogP contribution in [0, 0.1) is 6.92 Å². The average molecular weight is 508 g/mol. The molecular formula is C26H25N3O4S2. The van der Waals surface area contributed by atoms with Crippen molar-refractivity contribution in [3.8, 4) is 11.5 Å². The van der Waals surface area contributed by atoms with Gasteiger partial charge in [0.1, 0.15) is 0 Å². The number of anilines is 2. The molecule has 1 heterocycles. The zero-order valence-corrected chi connectivity index (χ0v) is 21.4. The fourth-order valence-electron chi connectivity index (χ4n) is 3.38. The standard InChI is InChI=1S/C26H25N3O4S2/c1-15-8-10-20-23(12-15)35-26(28-20)29-24(30)16(2)34-19-7-5-6-18(14-19)27-25(31)17-9-11-21(32-3)22(13-17)33-4/h5-14,16H,1-4H3,(H,27,31)(H,28,29,30). The van der Waals surface area contributed by atoms with Gasteiger partial charge < -0.3 is 20.1 Å². The van der Waals surface area contributed by atoms with Crippen LogP contribution in [-0.4, -0.2) is 36.3 Å². The molecule has 4 aromatic rings. The first-order valence-electron chi connectivity index (χ1n) is 10.8. The van der Waals surface area contributed by atoms with Crippen LogP contribution in [-0.2, 0) is 4.79 Å². The molecule has 0 spiro atoms. The van der Waals surface area contributed by atoms with Gasteiger partial charge >= 0.3 is 0 Å². The summed E-state index contributed by atoms with van der Waals surface area (Å²) in [6, 6.07) is 18.4. The second-order valence-electron chi connectivity index (χ2n) is 7.79. The summed E-state index contributed by atoms with van der Waals surface area (Å²) in [5.41, 5.74) is 3.10. The minimum atomic E-state index is -0.361. The summed E-state index contributed by atoms with van der Waals surface area (Å²) in [7, 11) is 3.07. The van der Waals surface area contributed by atoms with Gasteiger partial charge in [-0.05, 0) is 67.9 Å². The lowest BCUT2D eigenvalue weighted by Gasteiger charge is -2.12. The number of rotatable bonds is 8. The van der Waals surface area contributed by atoms with E-state index in [9.17, 15) is 9.59 Å². The van der Waals surface area contributed by atoms with E-state index in [1.165, 1.54) is 30.2 Å². The molecular weight excluding hydrogens is 482 g/mol. The quantitative estimate of drug-likeness (QED) is 0.285. The number of carbonyl (C=O) groups excluding carboxylic acids is 2. The second-order valence-corrected chi connectivity index (χ2v) is 10.2. The molecule has 7 nitrogen and oxygen atoms in total. The Morgan fingerprint density at radius 1 is 0.971 bits per heavy atom. The van der Waals surface area contributed by atoms with Crippen molar-refractivity contribution >= 4 is 55.9 Å². The van der Waals surface area contributed by atoms with Gasteiger partial charge in [0.25, 0.3) is 5.91 Å². The van der Waals surface area contributed by atoms with Crippen LogP contribution in [0.2, 0.25) is 0 Å². The number of thioether (sulfide) groups is 1. The number of nitrogens with zero attached hydrogens (tertiary/aromatic N) is 1. The molecule has 0 aliphatic heterocycles. The van der Waals surface area contributed by atoms with Crippen LogP contribution < -0.4 is 20.1 Å². The third-order valence-electron chi connectivity index (χ3n) is 5.19. The predicted octanol–water partition coefficient (Wildman–Crippen LogP) is 5.99.